The zero-order valence-corrected chi connectivity index (χ0v) is 11.3. The van der Waals surface area contributed by atoms with Gasteiger partial charge in [0.15, 0.2) is 5.15 Å². The first-order chi connectivity index (χ1) is 7.15. The Labute approximate surface area is 101 Å². The third-order valence-electron chi connectivity index (χ3n) is 2.16. The van der Waals surface area contributed by atoms with E-state index in [1.807, 2.05) is 0 Å². The molecule has 90 valence electrons. The molecule has 0 radical (unpaired) electrons. The van der Waals surface area contributed by atoms with Gasteiger partial charge < -0.3 is 0 Å². The van der Waals surface area contributed by atoms with Gasteiger partial charge in [-0.25, -0.2) is 13.4 Å². The van der Waals surface area contributed by atoms with Gasteiger partial charge in [-0.05, 0) is 39.3 Å². The lowest BCUT2D eigenvalue weighted by Crippen LogP contribution is -2.34. The van der Waals surface area contributed by atoms with Crippen LogP contribution in [0.1, 0.15) is 26.3 Å². The normalized spacial score (nSPS) is 12.6. The lowest BCUT2D eigenvalue weighted by atomic mass is 10.3. The van der Waals surface area contributed by atoms with Gasteiger partial charge in [0.1, 0.15) is 0 Å². The van der Waals surface area contributed by atoms with Crippen molar-refractivity contribution in [3.05, 3.63) is 23.0 Å². The number of sulfonamides is 1. The highest BCUT2D eigenvalue weighted by Gasteiger charge is 2.30. The number of rotatable bonds is 2. The average Bonchev–Trinajstić information content (AvgIpc) is 2.10. The molecule has 16 heavy (non-hydrogen) atoms. The summed E-state index contributed by atoms with van der Waals surface area (Å²) >= 11 is 5.85. The van der Waals surface area contributed by atoms with Gasteiger partial charge in [-0.15, -0.1) is 0 Å². The third-order valence-corrected chi connectivity index (χ3v) is 4.53. The molecule has 1 aromatic rings. The fourth-order valence-corrected chi connectivity index (χ4v) is 2.08. The molecule has 0 amide bonds. The summed E-state index contributed by atoms with van der Waals surface area (Å²) in [5.74, 6) is 0. The van der Waals surface area contributed by atoms with Gasteiger partial charge in [0.2, 0.25) is 10.0 Å². The summed E-state index contributed by atoms with van der Waals surface area (Å²) in [5, 5.41) is 0.160. The lowest BCUT2D eigenvalue weighted by Gasteiger charge is -2.21. The zero-order chi connectivity index (χ0) is 12.6. The minimum Gasteiger partial charge on any atom is -0.280 e. The van der Waals surface area contributed by atoms with Crippen LogP contribution in [0.25, 0.3) is 0 Å². The van der Waals surface area contributed by atoms with E-state index in [1.54, 1.807) is 33.8 Å². The summed E-state index contributed by atoms with van der Waals surface area (Å²) in [6, 6.07) is 1.70. The standard InChI is InChI=1S/C10H15ClN2O2S/c1-7-5-6-12-9(11)8(7)13-16(14,15)10(2,3)4/h5-6,13H,1-4H3. The third kappa shape index (κ3) is 2.65. The number of hydrogen-bond acceptors (Lipinski definition) is 3. The van der Waals surface area contributed by atoms with E-state index in [4.69, 9.17) is 11.6 Å². The van der Waals surface area contributed by atoms with E-state index in [9.17, 15) is 8.42 Å². The Bertz CT molecular complexity index is 472. The summed E-state index contributed by atoms with van der Waals surface area (Å²) in [4.78, 5) is 3.84. The topological polar surface area (TPSA) is 59.1 Å². The molecule has 1 aromatic heterocycles. The maximum absolute atomic E-state index is 11.9. The highest BCUT2D eigenvalue weighted by atomic mass is 35.5. The quantitative estimate of drug-likeness (QED) is 0.834. The number of aromatic nitrogens is 1. The first-order valence-electron chi connectivity index (χ1n) is 4.78. The second kappa shape index (κ2) is 4.22. The van der Waals surface area contributed by atoms with Crippen LogP contribution >= 0.6 is 11.6 Å². The summed E-state index contributed by atoms with van der Waals surface area (Å²) in [5.41, 5.74) is 1.09. The summed E-state index contributed by atoms with van der Waals surface area (Å²) < 4.78 is 25.4. The Hall–Kier alpha value is -0.810. The predicted molar refractivity (Wildman–Crippen MR) is 66.3 cm³/mol. The zero-order valence-electron chi connectivity index (χ0n) is 9.70. The van der Waals surface area contributed by atoms with Crippen LogP contribution in [-0.2, 0) is 10.0 Å². The molecular formula is C10H15ClN2O2S. The molecule has 4 nitrogen and oxygen atoms in total. The van der Waals surface area contributed by atoms with Crippen molar-refractivity contribution in [2.24, 2.45) is 0 Å². The molecule has 1 heterocycles. The van der Waals surface area contributed by atoms with E-state index in [2.05, 4.69) is 9.71 Å². The lowest BCUT2D eigenvalue weighted by molar-refractivity contribution is 0.566. The maximum Gasteiger partial charge on any atom is 0.237 e. The van der Waals surface area contributed by atoms with Crippen LogP contribution in [0, 0.1) is 6.92 Å². The van der Waals surface area contributed by atoms with Crippen LogP contribution in [0.4, 0.5) is 5.69 Å². The molecule has 0 aliphatic carbocycles. The van der Waals surface area contributed by atoms with E-state index < -0.39 is 14.8 Å². The minimum absolute atomic E-state index is 0.160. The summed E-state index contributed by atoms with van der Waals surface area (Å²) in [6.07, 6.45) is 1.53. The molecule has 0 bridgehead atoms. The van der Waals surface area contributed by atoms with Crippen LogP contribution in [0.15, 0.2) is 12.3 Å². The van der Waals surface area contributed by atoms with Crippen molar-refractivity contribution in [3.63, 3.8) is 0 Å². The van der Waals surface area contributed by atoms with E-state index in [-0.39, 0.29) is 5.15 Å². The molecule has 0 spiro atoms. The van der Waals surface area contributed by atoms with Crippen molar-refractivity contribution >= 4 is 27.3 Å². The molecule has 6 heteroatoms. The van der Waals surface area contributed by atoms with Crippen molar-refractivity contribution < 1.29 is 8.42 Å². The Kier molecular flexibility index (Phi) is 3.50. The Balaban J connectivity index is 3.17. The van der Waals surface area contributed by atoms with Gasteiger partial charge in [0, 0.05) is 6.20 Å². The molecule has 1 rings (SSSR count). The molecule has 0 aliphatic heterocycles. The first-order valence-corrected chi connectivity index (χ1v) is 6.65. The monoisotopic (exact) mass is 262 g/mol. The maximum atomic E-state index is 11.9. The molecule has 1 N–H and O–H groups in total. The van der Waals surface area contributed by atoms with Crippen LogP contribution in [-0.4, -0.2) is 18.1 Å². The summed E-state index contributed by atoms with van der Waals surface area (Å²) in [7, 11) is -3.47. The number of aryl methyl sites for hydroxylation is 1. The molecule has 0 unspecified atom stereocenters. The van der Waals surface area contributed by atoms with Gasteiger partial charge in [-0.2, -0.15) is 0 Å². The summed E-state index contributed by atoms with van der Waals surface area (Å²) in [6.45, 7) is 6.63. The highest BCUT2D eigenvalue weighted by molar-refractivity contribution is 7.94. The number of anilines is 1. The minimum atomic E-state index is -3.47. The number of nitrogens with one attached hydrogen (secondary N) is 1. The smallest absolute Gasteiger partial charge is 0.237 e. The van der Waals surface area contributed by atoms with Gasteiger partial charge >= 0.3 is 0 Å². The number of hydrogen-bond donors (Lipinski definition) is 1. The molecule has 0 aromatic carbocycles. The van der Waals surface area contributed by atoms with E-state index in [0.717, 1.165) is 5.56 Å². The van der Waals surface area contributed by atoms with E-state index in [1.165, 1.54) is 6.20 Å². The second-order valence-electron chi connectivity index (χ2n) is 4.51. The molecule has 0 saturated carbocycles. The number of pyridine rings is 1. The Morgan fingerprint density at radius 3 is 2.38 bits per heavy atom. The Morgan fingerprint density at radius 2 is 1.94 bits per heavy atom. The molecule has 0 saturated heterocycles. The van der Waals surface area contributed by atoms with Crippen molar-refractivity contribution in [2.45, 2.75) is 32.4 Å². The van der Waals surface area contributed by atoms with Crippen molar-refractivity contribution in [3.8, 4) is 0 Å². The molecule has 0 atom stereocenters. The van der Waals surface area contributed by atoms with Crippen LogP contribution in [0.2, 0.25) is 5.15 Å². The van der Waals surface area contributed by atoms with Crippen LogP contribution in [0.3, 0.4) is 0 Å². The van der Waals surface area contributed by atoms with Crippen molar-refractivity contribution in [1.29, 1.82) is 0 Å². The molecular weight excluding hydrogens is 248 g/mol. The van der Waals surface area contributed by atoms with E-state index >= 15 is 0 Å². The molecule has 0 fully saturated rings. The van der Waals surface area contributed by atoms with Crippen LogP contribution in [0.5, 0.6) is 0 Å². The largest absolute Gasteiger partial charge is 0.280 e. The number of nitrogens with zero attached hydrogens (tertiary/aromatic N) is 1. The fraction of sp³-hybridized carbons (Fsp3) is 0.500. The van der Waals surface area contributed by atoms with Crippen LogP contribution < -0.4 is 4.72 Å². The second-order valence-corrected chi connectivity index (χ2v) is 7.31. The predicted octanol–water partition coefficient (Wildman–Crippen LogP) is 2.58. The van der Waals surface area contributed by atoms with Crippen molar-refractivity contribution in [2.75, 3.05) is 4.72 Å². The highest BCUT2D eigenvalue weighted by Crippen LogP contribution is 2.27. The number of halogens is 1. The van der Waals surface area contributed by atoms with Gasteiger partial charge in [-0.1, -0.05) is 11.6 Å². The van der Waals surface area contributed by atoms with Gasteiger partial charge in [-0.3, -0.25) is 4.72 Å². The van der Waals surface area contributed by atoms with Gasteiger partial charge in [0.25, 0.3) is 0 Å². The average molecular weight is 263 g/mol. The van der Waals surface area contributed by atoms with Crippen molar-refractivity contribution in [1.82, 2.24) is 4.98 Å². The SMILES string of the molecule is Cc1ccnc(Cl)c1NS(=O)(=O)C(C)(C)C. The van der Waals surface area contributed by atoms with E-state index in [0.29, 0.717) is 5.69 Å². The Morgan fingerprint density at radius 1 is 1.38 bits per heavy atom. The molecule has 0 aliphatic rings. The van der Waals surface area contributed by atoms with Gasteiger partial charge in [0.05, 0.1) is 10.4 Å². The first kappa shape index (κ1) is 13.3. The fourth-order valence-electron chi connectivity index (χ4n) is 0.935.